The van der Waals surface area contributed by atoms with Crippen LogP contribution in [0.25, 0.3) is 10.9 Å². The highest BCUT2D eigenvalue weighted by Gasteiger charge is 2.44. The lowest BCUT2D eigenvalue weighted by Gasteiger charge is -2.36. The molecule has 0 radical (unpaired) electrons. The molecule has 0 aliphatic carbocycles. The van der Waals surface area contributed by atoms with Gasteiger partial charge in [-0.15, -0.1) is 0 Å². The Balaban J connectivity index is 1.26. The largest absolute Gasteiger partial charge is 0.416 e. The standard InChI is InChI=1S/C26H28F3N5O2S2/c1-3-4-5-17(13-35)33-11-19-9-18(33)12-34(19)25-30-10-23(38-25)22(36)14-37-24-20-8-16(26(27,28)29)6-7-21(20)31-15(2)32-24/h5-8,10,18-19,35H,3-4,9,11-14H2,1-2H3. The van der Waals surface area contributed by atoms with Crippen LogP contribution in [0.15, 0.2) is 41.2 Å². The maximum atomic E-state index is 13.2. The SMILES string of the molecule is CCCC=C(CO)N1CC2CC1CN2c1ncc(C(=O)CSc2nc(C)nc3ccc(C(F)(F)F)cc23)s1. The van der Waals surface area contributed by atoms with Gasteiger partial charge in [-0.25, -0.2) is 15.0 Å². The number of fused-ring (bicyclic) bond motifs is 3. The van der Waals surface area contributed by atoms with Gasteiger partial charge in [0.25, 0.3) is 0 Å². The molecule has 0 saturated carbocycles. The number of thioether (sulfide) groups is 1. The molecule has 7 nitrogen and oxygen atoms in total. The zero-order valence-corrected chi connectivity index (χ0v) is 22.7. The van der Waals surface area contributed by atoms with Crippen LogP contribution in [0, 0.1) is 6.92 Å². The van der Waals surface area contributed by atoms with Gasteiger partial charge in [-0.05, 0) is 38.0 Å². The van der Waals surface area contributed by atoms with Crippen LogP contribution < -0.4 is 4.90 Å². The summed E-state index contributed by atoms with van der Waals surface area (Å²) in [5, 5.41) is 11.2. The van der Waals surface area contributed by atoms with Gasteiger partial charge >= 0.3 is 6.18 Å². The number of rotatable bonds is 9. The third-order valence-electron chi connectivity index (χ3n) is 6.89. The molecular formula is C26H28F3N5O2S2. The second-order valence-corrected chi connectivity index (χ2v) is 11.5. The number of nitrogens with zero attached hydrogens (tertiary/aromatic N) is 5. The molecule has 2 aromatic heterocycles. The van der Waals surface area contributed by atoms with Gasteiger partial charge in [-0.1, -0.05) is 42.5 Å². The number of thiazole rings is 1. The molecule has 2 fully saturated rings. The minimum atomic E-state index is -4.48. The molecule has 2 aliphatic heterocycles. The van der Waals surface area contributed by atoms with Gasteiger partial charge in [0, 0.05) is 30.2 Å². The lowest BCUT2D eigenvalue weighted by atomic mass is 10.1. The van der Waals surface area contributed by atoms with Gasteiger partial charge in [0.15, 0.2) is 10.9 Å². The molecular weight excluding hydrogens is 535 g/mol. The molecule has 202 valence electrons. The number of aliphatic hydroxyl groups is 1. The van der Waals surface area contributed by atoms with Crippen molar-refractivity contribution in [3.8, 4) is 0 Å². The molecule has 5 rings (SSSR count). The fourth-order valence-corrected chi connectivity index (χ4v) is 7.03. The summed E-state index contributed by atoms with van der Waals surface area (Å²) in [5.74, 6) is 0.316. The monoisotopic (exact) mass is 563 g/mol. The molecule has 12 heteroatoms. The number of unbranched alkanes of at least 4 members (excludes halogenated alkanes) is 1. The third kappa shape index (κ3) is 5.39. The molecule has 2 bridgehead atoms. The molecule has 4 heterocycles. The van der Waals surface area contributed by atoms with E-state index in [1.54, 1.807) is 13.1 Å². The maximum Gasteiger partial charge on any atom is 0.416 e. The van der Waals surface area contributed by atoms with Crippen LogP contribution in [0.5, 0.6) is 0 Å². The molecule has 38 heavy (non-hydrogen) atoms. The molecule has 2 saturated heterocycles. The number of anilines is 1. The van der Waals surface area contributed by atoms with E-state index in [9.17, 15) is 23.1 Å². The summed E-state index contributed by atoms with van der Waals surface area (Å²) in [4.78, 5) is 31.1. The van der Waals surface area contributed by atoms with Crippen LogP contribution >= 0.6 is 23.1 Å². The van der Waals surface area contributed by atoms with E-state index in [0.717, 1.165) is 67.1 Å². The maximum absolute atomic E-state index is 13.2. The number of carbonyl (C=O) groups excluding carboxylic acids is 1. The number of aryl methyl sites for hydroxylation is 1. The first kappa shape index (κ1) is 26.9. The van der Waals surface area contributed by atoms with E-state index in [1.165, 1.54) is 17.4 Å². The lowest BCUT2D eigenvalue weighted by molar-refractivity contribution is -0.137. The fourth-order valence-electron chi connectivity index (χ4n) is 5.07. The van der Waals surface area contributed by atoms with Crippen LogP contribution in [0.3, 0.4) is 0 Å². The van der Waals surface area contributed by atoms with E-state index in [0.29, 0.717) is 27.3 Å². The van der Waals surface area contributed by atoms with E-state index in [1.807, 2.05) is 0 Å². The Labute approximate surface area is 226 Å². The van der Waals surface area contributed by atoms with Gasteiger partial charge in [0.2, 0.25) is 0 Å². The van der Waals surface area contributed by atoms with Crippen LogP contribution in [0.4, 0.5) is 18.3 Å². The zero-order valence-electron chi connectivity index (χ0n) is 21.0. The number of halogens is 3. The Bertz CT molecular complexity index is 1380. The van der Waals surface area contributed by atoms with E-state index in [4.69, 9.17) is 0 Å². The second kappa shape index (κ2) is 10.8. The van der Waals surface area contributed by atoms with Gasteiger partial charge in [-0.3, -0.25) is 4.79 Å². The minimum absolute atomic E-state index is 0.0331. The Kier molecular flexibility index (Phi) is 7.65. The normalized spacial score (nSPS) is 19.7. The third-order valence-corrected chi connectivity index (χ3v) is 8.96. The summed E-state index contributed by atoms with van der Waals surface area (Å²) in [5.41, 5.74) is 0.622. The van der Waals surface area contributed by atoms with Crippen molar-refractivity contribution in [2.24, 2.45) is 0 Å². The number of carbonyl (C=O) groups is 1. The van der Waals surface area contributed by atoms with Crippen LogP contribution in [-0.2, 0) is 6.18 Å². The van der Waals surface area contributed by atoms with Crippen molar-refractivity contribution >= 4 is 44.9 Å². The molecule has 3 aromatic rings. The number of piperazine rings is 1. The fraction of sp³-hybridized carbons (Fsp3) is 0.462. The molecule has 2 unspecified atom stereocenters. The molecule has 1 N–H and O–H groups in total. The number of benzene rings is 1. The quantitative estimate of drug-likeness (QED) is 0.213. The van der Waals surface area contributed by atoms with Crippen LogP contribution in [-0.4, -0.2) is 68.3 Å². The first-order chi connectivity index (χ1) is 18.2. The van der Waals surface area contributed by atoms with Crippen molar-refractivity contribution in [3.05, 3.63) is 52.4 Å². The van der Waals surface area contributed by atoms with Crippen molar-refractivity contribution in [2.45, 2.75) is 56.4 Å². The average molecular weight is 564 g/mol. The number of alkyl halides is 3. The van der Waals surface area contributed by atoms with Crippen LogP contribution in [0.2, 0.25) is 0 Å². The number of ketones is 1. The van der Waals surface area contributed by atoms with Crippen LogP contribution in [0.1, 0.15) is 47.2 Å². The van der Waals surface area contributed by atoms with Gasteiger partial charge in [0.05, 0.1) is 40.6 Å². The number of allylic oxidation sites excluding steroid dienone is 1. The predicted octanol–water partition coefficient (Wildman–Crippen LogP) is 5.33. The average Bonchev–Trinajstić information content (AvgIpc) is 3.63. The Morgan fingerprint density at radius 2 is 2.08 bits per heavy atom. The Hall–Kier alpha value is -2.70. The first-order valence-electron chi connectivity index (χ1n) is 12.5. The molecule has 0 spiro atoms. The van der Waals surface area contributed by atoms with E-state index >= 15 is 0 Å². The number of aliphatic hydroxyl groups excluding tert-OH is 1. The second-order valence-electron chi connectivity index (χ2n) is 9.51. The highest BCUT2D eigenvalue weighted by atomic mass is 32.2. The number of aromatic nitrogens is 3. The topological polar surface area (TPSA) is 82.5 Å². The summed E-state index contributed by atoms with van der Waals surface area (Å²) in [7, 11) is 0. The number of Topliss-reactive ketones (excluding diaryl/α,β-unsaturated/α-hetero) is 1. The first-order valence-corrected chi connectivity index (χ1v) is 14.3. The lowest BCUT2D eigenvalue weighted by Crippen LogP contribution is -2.46. The van der Waals surface area contributed by atoms with Crippen molar-refractivity contribution in [1.29, 1.82) is 0 Å². The number of likely N-dealkylation sites (tertiary alicyclic amines) is 1. The molecule has 1 aromatic carbocycles. The highest BCUT2D eigenvalue weighted by Crippen LogP contribution is 2.39. The van der Waals surface area contributed by atoms with Gasteiger partial charge in [0.1, 0.15) is 10.9 Å². The van der Waals surface area contributed by atoms with E-state index in [2.05, 4.69) is 37.8 Å². The number of hydrogen-bond donors (Lipinski definition) is 1. The summed E-state index contributed by atoms with van der Waals surface area (Å²) in [6.45, 7) is 5.43. The zero-order chi connectivity index (χ0) is 27.0. The molecule has 2 aliphatic rings. The van der Waals surface area contributed by atoms with E-state index < -0.39 is 11.7 Å². The van der Waals surface area contributed by atoms with Crippen molar-refractivity contribution in [2.75, 3.05) is 30.3 Å². The number of hydrogen-bond acceptors (Lipinski definition) is 9. The van der Waals surface area contributed by atoms with Gasteiger partial charge < -0.3 is 14.9 Å². The molecule has 2 atom stereocenters. The van der Waals surface area contributed by atoms with Crippen molar-refractivity contribution in [1.82, 2.24) is 19.9 Å². The minimum Gasteiger partial charge on any atom is -0.390 e. The summed E-state index contributed by atoms with van der Waals surface area (Å²) in [6.07, 6.45) is 2.19. The summed E-state index contributed by atoms with van der Waals surface area (Å²) in [6, 6.07) is 3.96. The smallest absolute Gasteiger partial charge is 0.390 e. The molecule has 0 amide bonds. The predicted molar refractivity (Wildman–Crippen MR) is 143 cm³/mol. The highest BCUT2D eigenvalue weighted by molar-refractivity contribution is 8.00. The van der Waals surface area contributed by atoms with Crippen molar-refractivity contribution in [3.63, 3.8) is 0 Å². The summed E-state index contributed by atoms with van der Waals surface area (Å²) >= 11 is 2.46. The Morgan fingerprint density at radius 3 is 2.76 bits per heavy atom. The van der Waals surface area contributed by atoms with Gasteiger partial charge in [-0.2, -0.15) is 13.2 Å². The van der Waals surface area contributed by atoms with Crippen molar-refractivity contribution < 1.29 is 23.1 Å². The summed E-state index contributed by atoms with van der Waals surface area (Å²) < 4.78 is 39.7. The Morgan fingerprint density at radius 1 is 1.26 bits per heavy atom. The van der Waals surface area contributed by atoms with E-state index in [-0.39, 0.29) is 29.6 Å².